The fourth-order valence-electron chi connectivity index (χ4n) is 1.71. The molecule has 1 aromatic heterocycles. The third kappa shape index (κ3) is 5.45. The zero-order chi connectivity index (χ0) is 12.7. The maximum atomic E-state index is 7.27. The van der Waals surface area contributed by atoms with Gasteiger partial charge in [0.1, 0.15) is 0 Å². The van der Waals surface area contributed by atoms with Crippen LogP contribution in [0.2, 0.25) is 0 Å². The van der Waals surface area contributed by atoms with E-state index in [1.54, 1.807) is 6.20 Å². The molecule has 1 rings (SSSR count). The van der Waals surface area contributed by atoms with Gasteiger partial charge in [-0.2, -0.15) is 0 Å². The van der Waals surface area contributed by atoms with E-state index in [-0.39, 0.29) is 5.84 Å². The van der Waals surface area contributed by atoms with Crippen LogP contribution in [-0.2, 0) is 6.42 Å². The Morgan fingerprint density at radius 2 is 2.24 bits per heavy atom. The van der Waals surface area contributed by atoms with Gasteiger partial charge in [0.05, 0.1) is 5.84 Å². The molecule has 0 amide bonds. The topological polar surface area (TPSA) is 66.0 Å². The molecule has 1 aromatic rings. The van der Waals surface area contributed by atoms with Crippen LogP contribution in [0.3, 0.4) is 0 Å². The minimum Gasteiger partial charge on any atom is -0.388 e. The Kier molecular flexibility index (Phi) is 5.63. The predicted octanol–water partition coefficient (Wildman–Crippen LogP) is 1.66. The maximum Gasteiger partial charge on any atom is 0.0918 e. The van der Waals surface area contributed by atoms with Crippen LogP contribution < -0.4 is 5.73 Å². The van der Waals surface area contributed by atoms with Crippen molar-refractivity contribution in [2.45, 2.75) is 32.7 Å². The van der Waals surface area contributed by atoms with E-state index in [1.807, 2.05) is 12.3 Å². The van der Waals surface area contributed by atoms with Gasteiger partial charge in [0.15, 0.2) is 0 Å². The maximum absolute atomic E-state index is 7.27. The lowest BCUT2D eigenvalue weighted by molar-refractivity contribution is 0.230. The van der Waals surface area contributed by atoms with Crippen molar-refractivity contribution in [1.29, 1.82) is 5.41 Å². The van der Waals surface area contributed by atoms with E-state index in [0.717, 1.165) is 19.5 Å². The number of nitrogens with one attached hydrogen (secondary N) is 1. The summed E-state index contributed by atoms with van der Waals surface area (Å²) in [5.41, 5.74) is 6.65. The van der Waals surface area contributed by atoms with Crippen LogP contribution in [0.5, 0.6) is 0 Å². The molecule has 0 aliphatic carbocycles. The quantitative estimate of drug-likeness (QED) is 0.557. The van der Waals surface area contributed by atoms with Crippen molar-refractivity contribution in [1.82, 2.24) is 9.88 Å². The van der Waals surface area contributed by atoms with Crippen molar-refractivity contribution in [2.75, 3.05) is 13.1 Å². The lowest BCUT2D eigenvalue weighted by atomic mass is 10.2. The Morgan fingerprint density at radius 1 is 1.47 bits per heavy atom. The van der Waals surface area contributed by atoms with E-state index in [0.29, 0.717) is 12.5 Å². The highest BCUT2D eigenvalue weighted by Gasteiger charge is 2.09. The second-order valence-electron chi connectivity index (χ2n) is 4.52. The molecule has 0 spiro atoms. The van der Waals surface area contributed by atoms with E-state index < -0.39 is 0 Å². The first-order valence-electron chi connectivity index (χ1n) is 6.05. The summed E-state index contributed by atoms with van der Waals surface area (Å²) in [6, 6.07) is 4.53. The number of rotatable bonds is 7. The third-order valence-electron chi connectivity index (χ3n) is 2.81. The number of aromatic nitrogens is 1. The molecule has 0 bridgehead atoms. The molecule has 3 N–H and O–H groups in total. The summed E-state index contributed by atoms with van der Waals surface area (Å²) in [4.78, 5) is 6.45. The van der Waals surface area contributed by atoms with Crippen LogP contribution in [-0.4, -0.2) is 34.9 Å². The SMILES string of the molecule is CC(C)N(CCC(=N)N)CCc1cccnc1. The lowest BCUT2D eigenvalue weighted by Gasteiger charge is -2.26. The first-order valence-corrected chi connectivity index (χ1v) is 6.05. The first-order chi connectivity index (χ1) is 8.09. The smallest absolute Gasteiger partial charge is 0.0918 e. The highest BCUT2D eigenvalue weighted by molar-refractivity contribution is 5.76. The largest absolute Gasteiger partial charge is 0.388 e. The molecular formula is C13H22N4. The van der Waals surface area contributed by atoms with Crippen LogP contribution in [0.1, 0.15) is 25.8 Å². The molecule has 0 saturated carbocycles. The molecule has 94 valence electrons. The predicted molar refractivity (Wildman–Crippen MR) is 71.2 cm³/mol. The molecule has 0 fully saturated rings. The van der Waals surface area contributed by atoms with Crippen molar-refractivity contribution in [2.24, 2.45) is 5.73 Å². The van der Waals surface area contributed by atoms with E-state index in [1.165, 1.54) is 5.56 Å². The molecule has 0 saturated heterocycles. The number of nitrogens with zero attached hydrogens (tertiary/aromatic N) is 2. The molecule has 0 aliphatic heterocycles. The van der Waals surface area contributed by atoms with Gasteiger partial charge < -0.3 is 10.6 Å². The summed E-state index contributed by atoms with van der Waals surface area (Å²) in [6.07, 6.45) is 5.33. The summed E-state index contributed by atoms with van der Waals surface area (Å²) in [6.45, 7) is 6.18. The van der Waals surface area contributed by atoms with Crippen LogP contribution in [0.15, 0.2) is 24.5 Å². The van der Waals surface area contributed by atoms with Crippen molar-refractivity contribution in [3.63, 3.8) is 0 Å². The highest BCUT2D eigenvalue weighted by Crippen LogP contribution is 2.04. The van der Waals surface area contributed by atoms with E-state index >= 15 is 0 Å². The molecule has 0 atom stereocenters. The van der Waals surface area contributed by atoms with Crippen molar-refractivity contribution < 1.29 is 0 Å². The molecule has 0 aliphatic rings. The third-order valence-corrected chi connectivity index (χ3v) is 2.81. The fourth-order valence-corrected chi connectivity index (χ4v) is 1.71. The zero-order valence-corrected chi connectivity index (χ0v) is 10.7. The lowest BCUT2D eigenvalue weighted by Crippen LogP contribution is -2.35. The fraction of sp³-hybridized carbons (Fsp3) is 0.538. The number of nitrogens with two attached hydrogens (primary N) is 1. The van der Waals surface area contributed by atoms with Gasteiger partial charge >= 0.3 is 0 Å². The monoisotopic (exact) mass is 234 g/mol. The summed E-state index contributed by atoms with van der Waals surface area (Å²) < 4.78 is 0. The summed E-state index contributed by atoms with van der Waals surface area (Å²) in [5, 5.41) is 7.27. The van der Waals surface area contributed by atoms with E-state index in [9.17, 15) is 0 Å². The van der Waals surface area contributed by atoms with Crippen molar-refractivity contribution in [3.8, 4) is 0 Å². The van der Waals surface area contributed by atoms with Crippen molar-refractivity contribution >= 4 is 5.84 Å². The van der Waals surface area contributed by atoms with Gasteiger partial charge in [-0.15, -0.1) is 0 Å². The summed E-state index contributed by atoms with van der Waals surface area (Å²) in [7, 11) is 0. The van der Waals surface area contributed by atoms with Gasteiger partial charge in [0.25, 0.3) is 0 Å². The number of pyridine rings is 1. The summed E-state index contributed by atoms with van der Waals surface area (Å²) >= 11 is 0. The average Bonchev–Trinajstić information content (AvgIpc) is 2.29. The molecule has 4 nitrogen and oxygen atoms in total. The van der Waals surface area contributed by atoms with Crippen LogP contribution in [0.25, 0.3) is 0 Å². The average molecular weight is 234 g/mol. The van der Waals surface area contributed by atoms with Gasteiger partial charge in [0, 0.05) is 37.9 Å². The molecule has 0 aromatic carbocycles. The Balaban J connectivity index is 2.42. The van der Waals surface area contributed by atoms with Crippen molar-refractivity contribution in [3.05, 3.63) is 30.1 Å². The zero-order valence-electron chi connectivity index (χ0n) is 10.7. The first kappa shape index (κ1) is 13.6. The Labute approximate surface area is 103 Å². The number of hydrogen-bond acceptors (Lipinski definition) is 3. The van der Waals surface area contributed by atoms with Gasteiger partial charge in [-0.1, -0.05) is 6.07 Å². The normalized spacial score (nSPS) is 11.1. The van der Waals surface area contributed by atoms with Gasteiger partial charge in [-0.05, 0) is 31.9 Å². The molecule has 17 heavy (non-hydrogen) atoms. The highest BCUT2D eigenvalue weighted by atomic mass is 15.1. The Bertz CT molecular complexity index is 335. The van der Waals surface area contributed by atoms with Gasteiger partial charge in [-0.25, -0.2) is 0 Å². The van der Waals surface area contributed by atoms with Crippen LogP contribution in [0.4, 0.5) is 0 Å². The molecule has 0 radical (unpaired) electrons. The van der Waals surface area contributed by atoms with Gasteiger partial charge in [0.2, 0.25) is 0 Å². The minimum absolute atomic E-state index is 0.261. The number of amidine groups is 1. The molecular weight excluding hydrogens is 212 g/mol. The second-order valence-corrected chi connectivity index (χ2v) is 4.52. The van der Waals surface area contributed by atoms with E-state index in [2.05, 4.69) is 29.8 Å². The molecule has 1 heterocycles. The number of hydrogen-bond donors (Lipinski definition) is 2. The second kappa shape index (κ2) is 7.01. The molecule has 4 heteroatoms. The van der Waals surface area contributed by atoms with E-state index in [4.69, 9.17) is 11.1 Å². The standard InChI is InChI=1S/C13H22N4/c1-11(2)17(9-6-13(14)15)8-5-12-4-3-7-16-10-12/h3-4,7,10-11H,5-6,8-9H2,1-2H3,(H3,14,15). The van der Waals surface area contributed by atoms with Crippen LogP contribution in [0, 0.1) is 5.41 Å². The Hall–Kier alpha value is -1.42. The molecule has 0 unspecified atom stereocenters. The minimum atomic E-state index is 0.261. The van der Waals surface area contributed by atoms with Crippen LogP contribution >= 0.6 is 0 Å². The van der Waals surface area contributed by atoms with Gasteiger partial charge in [-0.3, -0.25) is 10.4 Å². The Morgan fingerprint density at radius 3 is 2.76 bits per heavy atom. The summed E-state index contributed by atoms with van der Waals surface area (Å²) in [5.74, 6) is 0.261.